The summed E-state index contributed by atoms with van der Waals surface area (Å²) in [7, 11) is 1.89. The van der Waals surface area contributed by atoms with Gasteiger partial charge in [0.2, 0.25) is 0 Å². The topological polar surface area (TPSA) is 69.6 Å². The number of rotatable bonds is 4. The maximum absolute atomic E-state index is 5.55. The molecule has 0 spiro atoms. The first kappa shape index (κ1) is 13.0. The molecule has 102 valence electrons. The van der Waals surface area contributed by atoms with Crippen LogP contribution in [0.3, 0.4) is 0 Å². The van der Waals surface area contributed by atoms with Crippen LogP contribution < -0.4 is 5.73 Å². The Morgan fingerprint density at radius 3 is 2.75 bits per heavy atom. The van der Waals surface area contributed by atoms with E-state index in [-0.39, 0.29) is 0 Å². The van der Waals surface area contributed by atoms with Gasteiger partial charge in [-0.2, -0.15) is 5.10 Å². The molecule has 2 heterocycles. The summed E-state index contributed by atoms with van der Waals surface area (Å²) in [6.45, 7) is 0.612. The van der Waals surface area contributed by atoms with E-state index in [2.05, 4.69) is 15.1 Å². The van der Waals surface area contributed by atoms with Gasteiger partial charge in [0.05, 0.1) is 5.01 Å². The second-order valence-electron chi connectivity index (χ2n) is 4.41. The molecule has 0 aliphatic carbocycles. The maximum Gasteiger partial charge on any atom is 0.181 e. The van der Waals surface area contributed by atoms with Crippen molar-refractivity contribution in [3.8, 4) is 22.9 Å². The highest BCUT2D eigenvalue weighted by molar-refractivity contribution is 7.09. The second-order valence-corrected chi connectivity index (χ2v) is 5.36. The van der Waals surface area contributed by atoms with Gasteiger partial charge in [0, 0.05) is 24.4 Å². The van der Waals surface area contributed by atoms with E-state index >= 15 is 0 Å². The quantitative estimate of drug-likeness (QED) is 0.797. The Bertz CT molecular complexity index is 701. The molecule has 3 aromatic rings. The molecule has 5 nitrogen and oxygen atoms in total. The van der Waals surface area contributed by atoms with Crippen molar-refractivity contribution in [2.45, 2.75) is 6.42 Å². The number of nitrogens with two attached hydrogens (primary N) is 1. The third-order valence-corrected chi connectivity index (χ3v) is 3.84. The van der Waals surface area contributed by atoms with Crippen LogP contribution in [0.5, 0.6) is 0 Å². The van der Waals surface area contributed by atoms with Gasteiger partial charge in [-0.05, 0) is 6.54 Å². The van der Waals surface area contributed by atoms with Gasteiger partial charge in [-0.25, -0.2) is 14.6 Å². The average molecular weight is 285 g/mol. The van der Waals surface area contributed by atoms with Gasteiger partial charge < -0.3 is 5.73 Å². The maximum atomic E-state index is 5.55. The van der Waals surface area contributed by atoms with E-state index in [4.69, 9.17) is 5.73 Å². The van der Waals surface area contributed by atoms with Crippen molar-refractivity contribution in [1.29, 1.82) is 0 Å². The summed E-state index contributed by atoms with van der Waals surface area (Å²) in [5, 5.41) is 7.50. The number of nitrogens with zero attached hydrogens (tertiary/aromatic N) is 4. The van der Waals surface area contributed by atoms with Crippen molar-refractivity contribution in [3.63, 3.8) is 0 Å². The van der Waals surface area contributed by atoms with Crippen LogP contribution in [0.1, 0.15) is 5.01 Å². The van der Waals surface area contributed by atoms with Gasteiger partial charge in [0.25, 0.3) is 0 Å². The standard InChI is InChI=1S/C14H15N5S/c1-19-14(11-9-20-12(16-11)7-8-15)17-13(18-19)10-5-3-2-4-6-10/h2-6,9H,7-8,15H2,1H3. The first-order valence-electron chi connectivity index (χ1n) is 6.39. The van der Waals surface area contributed by atoms with E-state index in [0.717, 1.165) is 34.3 Å². The molecule has 0 bridgehead atoms. The highest BCUT2D eigenvalue weighted by Crippen LogP contribution is 2.23. The summed E-state index contributed by atoms with van der Waals surface area (Å²) in [5.74, 6) is 1.50. The third kappa shape index (κ3) is 2.48. The molecule has 1 aromatic carbocycles. The summed E-state index contributed by atoms with van der Waals surface area (Å²) < 4.78 is 1.77. The minimum Gasteiger partial charge on any atom is -0.330 e. The lowest BCUT2D eigenvalue weighted by molar-refractivity contribution is 0.774. The van der Waals surface area contributed by atoms with Gasteiger partial charge in [-0.3, -0.25) is 0 Å². The Kier molecular flexibility index (Phi) is 3.58. The monoisotopic (exact) mass is 285 g/mol. The van der Waals surface area contributed by atoms with Crippen molar-refractivity contribution in [2.75, 3.05) is 6.54 Å². The van der Waals surface area contributed by atoms with Crippen LogP contribution in [0, 0.1) is 0 Å². The molecule has 3 rings (SSSR count). The second kappa shape index (κ2) is 5.52. The molecule has 0 saturated heterocycles. The minimum absolute atomic E-state index is 0.612. The number of aromatic nitrogens is 4. The highest BCUT2D eigenvalue weighted by atomic mass is 32.1. The molecule has 0 saturated carbocycles. The minimum atomic E-state index is 0.612. The van der Waals surface area contributed by atoms with Crippen molar-refractivity contribution < 1.29 is 0 Å². The van der Waals surface area contributed by atoms with Crippen LogP contribution in [0.15, 0.2) is 35.7 Å². The van der Waals surface area contributed by atoms with Gasteiger partial charge in [0.1, 0.15) is 5.69 Å². The molecule has 0 fully saturated rings. The van der Waals surface area contributed by atoms with E-state index < -0.39 is 0 Å². The van der Waals surface area contributed by atoms with E-state index in [1.807, 2.05) is 42.8 Å². The van der Waals surface area contributed by atoms with Crippen molar-refractivity contribution in [3.05, 3.63) is 40.7 Å². The lowest BCUT2D eigenvalue weighted by Crippen LogP contribution is -2.02. The zero-order valence-electron chi connectivity index (χ0n) is 11.2. The van der Waals surface area contributed by atoms with Crippen LogP contribution in [-0.4, -0.2) is 26.3 Å². The Labute approximate surface area is 121 Å². The summed E-state index contributed by atoms with van der Waals surface area (Å²) in [6.07, 6.45) is 0.800. The molecule has 0 aliphatic heterocycles. The van der Waals surface area contributed by atoms with Gasteiger partial charge in [0.15, 0.2) is 11.6 Å². The first-order valence-corrected chi connectivity index (χ1v) is 7.27. The Morgan fingerprint density at radius 1 is 1.20 bits per heavy atom. The highest BCUT2D eigenvalue weighted by Gasteiger charge is 2.13. The average Bonchev–Trinajstić information content (AvgIpc) is 3.07. The Hall–Kier alpha value is -2.05. The third-order valence-electron chi connectivity index (χ3n) is 2.93. The van der Waals surface area contributed by atoms with Crippen LogP contribution in [0.25, 0.3) is 22.9 Å². The van der Waals surface area contributed by atoms with Gasteiger partial charge in [-0.1, -0.05) is 30.3 Å². The molecule has 20 heavy (non-hydrogen) atoms. The van der Waals surface area contributed by atoms with E-state index in [1.165, 1.54) is 0 Å². The number of hydrogen-bond donors (Lipinski definition) is 1. The van der Waals surface area contributed by atoms with Gasteiger partial charge >= 0.3 is 0 Å². The van der Waals surface area contributed by atoms with Gasteiger partial charge in [-0.15, -0.1) is 11.3 Å². The fourth-order valence-electron chi connectivity index (χ4n) is 1.97. The number of hydrogen-bond acceptors (Lipinski definition) is 5. The molecular weight excluding hydrogens is 270 g/mol. The largest absolute Gasteiger partial charge is 0.330 e. The smallest absolute Gasteiger partial charge is 0.181 e. The molecule has 2 N–H and O–H groups in total. The normalized spacial score (nSPS) is 10.9. The fraction of sp³-hybridized carbons (Fsp3) is 0.214. The zero-order chi connectivity index (χ0) is 13.9. The van der Waals surface area contributed by atoms with Crippen LogP contribution in [-0.2, 0) is 13.5 Å². The van der Waals surface area contributed by atoms with Crippen LogP contribution in [0.2, 0.25) is 0 Å². The first-order chi connectivity index (χ1) is 9.78. The number of aryl methyl sites for hydroxylation is 1. The Morgan fingerprint density at radius 2 is 2.00 bits per heavy atom. The molecule has 6 heteroatoms. The predicted octanol–water partition coefficient (Wildman–Crippen LogP) is 2.11. The van der Waals surface area contributed by atoms with E-state index in [1.54, 1.807) is 16.0 Å². The zero-order valence-corrected chi connectivity index (χ0v) is 12.0. The lowest BCUT2D eigenvalue weighted by Gasteiger charge is -1.93. The van der Waals surface area contributed by atoms with Crippen molar-refractivity contribution >= 4 is 11.3 Å². The summed E-state index contributed by atoms with van der Waals surface area (Å²) >= 11 is 1.61. The van der Waals surface area contributed by atoms with Crippen molar-refractivity contribution in [1.82, 2.24) is 19.7 Å². The number of thiazole rings is 1. The van der Waals surface area contributed by atoms with Crippen LogP contribution in [0.4, 0.5) is 0 Å². The molecule has 2 aromatic heterocycles. The molecular formula is C14H15N5S. The Balaban J connectivity index is 1.96. The van der Waals surface area contributed by atoms with Crippen molar-refractivity contribution in [2.24, 2.45) is 12.8 Å². The lowest BCUT2D eigenvalue weighted by atomic mass is 10.2. The fourth-order valence-corrected chi connectivity index (χ4v) is 2.76. The SMILES string of the molecule is Cn1nc(-c2ccccc2)nc1-c1csc(CCN)n1. The summed E-state index contributed by atoms with van der Waals surface area (Å²) in [6, 6.07) is 9.94. The van der Waals surface area contributed by atoms with E-state index in [0.29, 0.717) is 6.54 Å². The molecule has 0 atom stereocenters. The van der Waals surface area contributed by atoms with E-state index in [9.17, 15) is 0 Å². The molecule has 0 aliphatic rings. The predicted molar refractivity (Wildman–Crippen MR) is 80.3 cm³/mol. The van der Waals surface area contributed by atoms with Crippen LogP contribution >= 0.6 is 11.3 Å². The number of benzene rings is 1. The summed E-state index contributed by atoms with van der Waals surface area (Å²) in [5.41, 5.74) is 7.42. The molecule has 0 amide bonds. The molecule has 0 radical (unpaired) electrons. The molecule has 0 unspecified atom stereocenters. The summed E-state index contributed by atoms with van der Waals surface area (Å²) in [4.78, 5) is 9.14.